The summed E-state index contributed by atoms with van der Waals surface area (Å²) in [6.45, 7) is 5.50. The topological polar surface area (TPSA) is 55.8 Å². The number of carbonyl (C=O) groups excluding carboxylic acids is 1. The van der Waals surface area contributed by atoms with Gasteiger partial charge in [0.1, 0.15) is 0 Å². The molecule has 4 heteroatoms. The molecule has 4 aliphatic carbocycles. The van der Waals surface area contributed by atoms with Crippen LogP contribution in [0.5, 0.6) is 0 Å². The van der Waals surface area contributed by atoms with Gasteiger partial charge in [-0.3, -0.25) is 4.79 Å². The maximum absolute atomic E-state index is 13.1. The maximum atomic E-state index is 13.1. The van der Waals surface area contributed by atoms with Gasteiger partial charge in [-0.2, -0.15) is 0 Å². The quantitative estimate of drug-likeness (QED) is 0.477. The van der Waals surface area contributed by atoms with Crippen LogP contribution in [0.25, 0.3) is 0 Å². The Morgan fingerprint density at radius 2 is 2.00 bits per heavy atom. The van der Waals surface area contributed by atoms with Gasteiger partial charge >= 0.3 is 0 Å². The lowest BCUT2D eigenvalue weighted by molar-refractivity contribution is -0.313. The van der Waals surface area contributed by atoms with Crippen molar-refractivity contribution >= 4 is 5.78 Å². The van der Waals surface area contributed by atoms with Crippen LogP contribution in [0.1, 0.15) is 65.2 Å². The first kappa shape index (κ1) is 17.7. The molecular formula is C21H32O4. The lowest BCUT2D eigenvalue weighted by atomic mass is 9.47. The summed E-state index contributed by atoms with van der Waals surface area (Å²) < 4.78 is 0. The fourth-order valence-electron chi connectivity index (χ4n) is 6.68. The van der Waals surface area contributed by atoms with Crippen LogP contribution in [-0.2, 0) is 14.6 Å². The van der Waals surface area contributed by atoms with Crippen LogP contribution in [0, 0.1) is 28.6 Å². The summed E-state index contributed by atoms with van der Waals surface area (Å²) in [4.78, 5) is 23.8. The van der Waals surface area contributed by atoms with E-state index in [0.717, 1.165) is 38.5 Å². The SMILES string of the molecule is CCOOC[C@@]12CCC[C@H]1[C@@H]1C(=O)C=C3C[C@H](O)CC[C@]3(C)[C@H]1CC2. The zero-order chi connectivity index (χ0) is 17.7. The monoisotopic (exact) mass is 348 g/mol. The summed E-state index contributed by atoms with van der Waals surface area (Å²) in [5.41, 5.74) is 1.45. The van der Waals surface area contributed by atoms with Crippen LogP contribution < -0.4 is 0 Å². The Morgan fingerprint density at radius 3 is 2.80 bits per heavy atom. The van der Waals surface area contributed by atoms with Gasteiger partial charge in [-0.25, -0.2) is 9.78 Å². The molecule has 25 heavy (non-hydrogen) atoms. The number of aliphatic hydroxyl groups excluding tert-OH is 1. The molecule has 0 spiro atoms. The molecule has 0 bridgehead atoms. The van der Waals surface area contributed by atoms with Gasteiger partial charge in [0.05, 0.1) is 19.3 Å². The molecule has 3 saturated carbocycles. The molecule has 6 atom stereocenters. The molecule has 4 aliphatic rings. The van der Waals surface area contributed by atoms with Crippen molar-refractivity contribution in [2.75, 3.05) is 13.2 Å². The highest BCUT2D eigenvalue weighted by atomic mass is 17.2. The van der Waals surface area contributed by atoms with E-state index in [4.69, 9.17) is 9.78 Å². The summed E-state index contributed by atoms with van der Waals surface area (Å²) in [5.74, 6) is 1.33. The number of fused-ring (bicyclic) bond motifs is 5. The number of allylic oxidation sites excluding steroid dienone is 1. The van der Waals surface area contributed by atoms with Gasteiger partial charge < -0.3 is 5.11 Å². The van der Waals surface area contributed by atoms with Crippen molar-refractivity contribution < 1.29 is 19.7 Å². The fraction of sp³-hybridized carbons (Fsp3) is 0.857. The molecule has 0 aromatic carbocycles. The molecule has 0 radical (unpaired) electrons. The number of carbonyl (C=O) groups is 1. The predicted molar refractivity (Wildman–Crippen MR) is 94.6 cm³/mol. The summed E-state index contributed by atoms with van der Waals surface area (Å²) in [6.07, 6.45) is 9.98. The van der Waals surface area contributed by atoms with E-state index in [9.17, 15) is 9.90 Å². The fourth-order valence-corrected chi connectivity index (χ4v) is 6.68. The Kier molecular flexibility index (Phi) is 4.58. The van der Waals surface area contributed by atoms with Gasteiger partial charge in [0.2, 0.25) is 0 Å². The number of hydrogen-bond donors (Lipinski definition) is 1. The Labute approximate surface area is 150 Å². The molecule has 0 heterocycles. The van der Waals surface area contributed by atoms with Crippen molar-refractivity contribution in [1.29, 1.82) is 0 Å². The maximum Gasteiger partial charge on any atom is 0.159 e. The molecule has 4 rings (SSSR count). The number of hydrogen-bond acceptors (Lipinski definition) is 4. The van der Waals surface area contributed by atoms with Crippen molar-refractivity contribution in [3.63, 3.8) is 0 Å². The first-order chi connectivity index (χ1) is 12.0. The highest BCUT2D eigenvalue weighted by Crippen LogP contribution is 2.64. The van der Waals surface area contributed by atoms with Crippen LogP contribution in [0.15, 0.2) is 11.6 Å². The Bertz CT molecular complexity index is 570. The molecule has 0 aliphatic heterocycles. The highest BCUT2D eigenvalue weighted by molar-refractivity contribution is 5.94. The van der Waals surface area contributed by atoms with E-state index in [2.05, 4.69) is 6.92 Å². The van der Waals surface area contributed by atoms with Gasteiger partial charge in [0, 0.05) is 11.3 Å². The number of rotatable bonds is 4. The summed E-state index contributed by atoms with van der Waals surface area (Å²) in [7, 11) is 0. The molecular weight excluding hydrogens is 316 g/mol. The van der Waals surface area contributed by atoms with E-state index in [1.807, 2.05) is 13.0 Å². The third-order valence-electron chi connectivity index (χ3n) is 7.99. The average Bonchev–Trinajstić information content (AvgIpc) is 3.01. The van der Waals surface area contributed by atoms with Gasteiger partial charge in [-0.15, -0.1) is 0 Å². The molecule has 0 aromatic heterocycles. The van der Waals surface area contributed by atoms with E-state index >= 15 is 0 Å². The largest absolute Gasteiger partial charge is 0.393 e. The summed E-state index contributed by atoms with van der Waals surface area (Å²) in [5, 5.41) is 10.1. The minimum absolute atomic E-state index is 0.104. The van der Waals surface area contributed by atoms with Crippen molar-refractivity contribution in [1.82, 2.24) is 0 Å². The van der Waals surface area contributed by atoms with E-state index < -0.39 is 0 Å². The molecule has 4 nitrogen and oxygen atoms in total. The van der Waals surface area contributed by atoms with Crippen LogP contribution in [0.4, 0.5) is 0 Å². The zero-order valence-corrected chi connectivity index (χ0v) is 15.6. The smallest absolute Gasteiger partial charge is 0.159 e. The second kappa shape index (κ2) is 6.47. The average molecular weight is 348 g/mol. The van der Waals surface area contributed by atoms with E-state index in [1.165, 1.54) is 12.0 Å². The third-order valence-corrected chi connectivity index (χ3v) is 7.99. The zero-order valence-electron chi connectivity index (χ0n) is 15.6. The molecule has 140 valence electrons. The number of aliphatic hydroxyl groups is 1. The van der Waals surface area contributed by atoms with Crippen molar-refractivity contribution in [3.8, 4) is 0 Å². The van der Waals surface area contributed by atoms with Gasteiger partial charge in [0.25, 0.3) is 0 Å². The first-order valence-electron chi connectivity index (χ1n) is 10.2. The molecule has 0 saturated heterocycles. The minimum Gasteiger partial charge on any atom is -0.393 e. The molecule has 3 fully saturated rings. The minimum atomic E-state index is -0.266. The van der Waals surface area contributed by atoms with Gasteiger partial charge in [-0.05, 0) is 75.2 Å². The summed E-state index contributed by atoms with van der Waals surface area (Å²) >= 11 is 0. The van der Waals surface area contributed by atoms with E-state index in [1.54, 1.807) is 0 Å². The van der Waals surface area contributed by atoms with Crippen LogP contribution in [-0.4, -0.2) is 30.2 Å². The normalized spacial score (nSPS) is 46.2. The molecule has 0 amide bonds. The lowest BCUT2D eigenvalue weighted by Crippen LogP contribution is -2.54. The third kappa shape index (κ3) is 2.72. The molecule has 0 aromatic rings. The van der Waals surface area contributed by atoms with Crippen LogP contribution in [0.2, 0.25) is 0 Å². The second-order valence-electron chi connectivity index (χ2n) is 9.09. The van der Waals surface area contributed by atoms with Gasteiger partial charge in [-0.1, -0.05) is 18.9 Å². The predicted octanol–water partition coefficient (Wildman–Crippen LogP) is 3.83. The second-order valence-corrected chi connectivity index (χ2v) is 9.09. The van der Waals surface area contributed by atoms with Crippen LogP contribution in [0.3, 0.4) is 0 Å². The van der Waals surface area contributed by atoms with Crippen molar-refractivity contribution in [2.45, 2.75) is 71.3 Å². The lowest BCUT2D eigenvalue weighted by Gasteiger charge is -2.56. The Hall–Kier alpha value is -0.710. The van der Waals surface area contributed by atoms with E-state index in [-0.39, 0.29) is 22.9 Å². The standard InChI is InChI=1S/C21H32O4/c1-3-24-25-13-21-8-4-5-17(21)19-16(7-10-21)20(2)9-6-15(22)11-14(20)12-18(19)23/h12,15-17,19,22H,3-11,13H2,1-2H3/t15-,16+,17+,19-,20+,21+/m1/s1. The van der Waals surface area contributed by atoms with E-state index in [0.29, 0.717) is 37.3 Å². The van der Waals surface area contributed by atoms with Crippen molar-refractivity contribution in [3.05, 3.63) is 11.6 Å². The summed E-state index contributed by atoms with van der Waals surface area (Å²) in [6, 6.07) is 0. The molecule has 1 N–H and O–H groups in total. The Balaban J connectivity index is 1.63. The first-order valence-corrected chi connectivity index (χ1v) is 10.2. The van der Waals surface area contributed by atoms with Crippen molar-refractivity contribution in [2.24, 2.45) is 28.6 Å². The number of ketones is 1. The highest BCUT2D eigenvalue weighted by Gasteiger charge is 2.59. The molecule has 0 unspecified atom stereocenters. The van der Waals surface area contributed by atoms with Crippen LogP contribution >= 0.6 is 0 Å². The van der Waals surface area contributed by atoms with Gasteiger partial charge in [0.15, 0.2) is 5.78 Å². The Morgan fingerprint density at radius 1 is 1.16 bits per heavy atom.